The number of anilines is 4. The average Bonchev–Trinajstić information content (AvgIpc) is 2.79. The van der Waals surface area contributed by atoms with Crippen molar-refractivity contribution in [3.8, 4) is 11.1 Å². The summed E-state index contributed by atoms with van der Waals surface area (Å²) >= 11 is 5.87. The van der Waals surface area contributed by atoms with Crippen molar-refractivity contribution >= 4 is 46.6 Å². The average molecular weight is 527 g/mol. The van der Waals surface area contributed by atoms with Gasteiger partial charge >= 0.3 is 5.51 Å². The van der Waals surface area contributed by atoms with Crippen LogP contribution in [0.2, 0.25) is 5.02 Å². The normalized spacial score (nSPS) is 14.4. The van der Waals surface area contributed by atoms with Crippen LogP contribution in [0, 0.1) is 5.82 Å². The second-order valence-corrected chi connectivity index (χ2v) is 9.63. The quantitative estimate of drug-likeness (QED) is 0.347. The van der Waals surface area contributed by atoms with Gasteiger partial charge in [0.15, 0.2) is 0 Å². The van der Waals surface area contributed by atoms with Crippen molar-refractivity contribution in [3.05, 3.63) is 53.3 Å². The Hall–Kier alpha value is -2.92. The Morgan fingerprint density at radius 3 is 2.26 bits per heavy atom. The van der Waals surface area contributed by atoms with E-state index < -0.39 is 5.51 Å². The fraction of sp³-hybridized carbons (Fsp3) is 0.304. The van der Waals surface area contributed by atoms with E-state index in [1.807, 2.05) is 9.80 Å². The zero-order chi connectivity index (χ0) is 25.3. The Kier molecular flexibility index (Phi) is 7.18. The Morgan fingerprint density at radius 2 is 1.66 bits per heavy atom. The molecule has 1 fully saturated rings. The third-order valence-corrected chi connectivity index (χ3v) is 6.76. The van der Waals surface area contributed by atoms with Gasteiger partial charge in [-0.25, -0.2) is 4.39 Å². The third-order valence-electron chi connectivity index (χ3n) is 5.53. The maximum Gasteiger partial charge on any atom is 0.446 e. The number of nitrogens with zero attached hydrogens (tertiary/aromatic N) is 5. The van der Waals surface area contributed by atoms with Crippen molar-refractivity contribution < 1.29 is 17.6 Å². The first-order valence-corrected chi connectivity index (χ1v) is 11.9. The summed E-state index contributed by atoms with van der Waals surface area (Å²) in [5, 5.41) is -0.0396. The molecule has 2 N–H and O–H groups in total. The van der Waals surface area contributed by atoms with Crippen molar-refractivity contribution in [1.29, 1.82) is 0 Å². The molecule has 3 aromatic rings. The Morgan fingerprint density at radius 1 is 1.00 bits per heavy atom. The summed E-state index contributed by atoms with van der Waals surface area (Å²) in [7, 11) is 3.58. The van der Waals surface area contributed by atoms with E-state index in [0.29, 0.717) is 54.8 Å². The molecule has 4 rings (SSSR count). The standard InChI is InChI=1S/C23H23ClF4N6S/c1-32(2)21-19(14-7-8-18(15(24)13-14)35-23(26,27)28)20(29)30-22(31-21)34-11-9-33(10-12-34)17-6-4-3-5-16(17)25/h3-8,13H,9-12H2,1-2H3,(H2,29,30,31). The molecule has 1 aromatic heterocycles. The first-order chi connectivity index (χ1) is 16.5. The second-order valence-electron chi connectivity index (χ2n) is 8.12. The van der Waals surface area contributed by atoms with Gasteiger partial charge in [-0.2, -0.15) is 23.1 Å². The lowest BCUT2D eigenvalue weighted by Gasteiger charge is -2.36. The van der Waals surface area contributed by atoms with E-state index in [2.05, 4.69) is 4.98 Å². The highest BCUT2D eigenvalue weighted by molar-refractivity contribution is 8.00. The number of alkyl halides is 3. The molecule has 186 valence electrons. The van der Waals surface area contributed by atoms with Gasteiger partial charge in [-0.1, -0.05) is 29.8 Å². The highest BCUT2D eigenvalue weighted by Crippen LogP contribution is 2.43. The lowest BCUT2D eigenvalue weighted by atomic mass is 10.1. The van der Waals surface area contributed by atoms with Crippen LogP contribution in [0.25, 0.3) is 11.1 Å². The molecule has 1 saturated heterocycles. The van der Waals surface area contributed by atoms with Crippen LogP contribution < -0.4 is 20.4 Å². The van der Waals surface area contributed by atoms with Crippen molar-refractivity contribution in [1.82, 2.24) is 9.97 Å². The number of nitrogens with two attached hydrogens (primary N) is 1. The number of nitrogen functional groups attached to an aromatic ring is 1. The van der Waals surface area contributed by atoms with Gasteiger partial charge in [-0.05, 0) is 41.6 Å². The van der Waals surface area contributed by atoms with Gasteiger partial charge in [-0.3, -0.25) is 0 Å². The Balaban J connectivity index is 1.60. The largest absolute Gasteiger partial charge is 0.446 e. The van der Waals surface area contributed by atoms with Crippen molar-refractivity contribution in [2.75, 3.05) is 60.7 Å². The second kappa shape index (κ2) is 9.98. The van der Waals surface area contributed by atoms with Crippen LogP contribution in [0.3, 0.4) is 0 Å². The Bertz CT molecular complexity index is 1220. The summed E-state index contributed by atoms with van der Waals surface area (Å²) in [6.07, 6.45) is 0. The minimum Gasteiger partial charge on any atom is -0.383 e. The molecule has 12 heteroatoms. The van der Waals surface area contributed by atoms with E-state index in [9.17, 15) is 17.6 Å². The van der Waals surface area contributed by atoms with E-state index in [0.717, 1.165) is 0 Å². The van der Waals surface area contributed by atoms with Gasteiger partial charge in [0.25, 0.3) is 0 Å². The van der Waals surface area contributed by atoms with Crippen molar-refractivity contribution in [3.63, 3.8) is 0 Å². The molecule has 35 heavy (non-hydrogen) atoms. The van der Waals surface area contributed by atoms with E-state index in [-0.39, 0.29) is 33.3 Å². The smallest absolute Gasteiger partial charge is 0.383 e. The fourth-order valence-electron chi connectivity index (χ4n) is 3.92. The molecular formula is C23H23ClF4N6S. The molecule has 1 aliphatic heterocycles. The van der Waals surface area contributed by atoms with Crippen LogP contribution in [0.1, 0.15) is 0 Å². The first kappa shape index (κ1) is 25.2. The number of rotatable bonds is 5. The number of benzene rings is 2. The van der Waals surface area contributed by atoms with Gasteiger partial charge in [-0.15, -0.1) is 0 Å². The summed E-state index contributed by atoms with van der Waals surface area (Å²) < 4.78 is 52.5. The van der Waals surface area contributed by atoms with Gasteiger partial charge in [0.05, 0.1) is 16.3 Å². The molecule has 1 aliphatic rings. The number of piperazine rings is 1. The molecule has 0 aliphatic carbocycles. The summed E-state index contributed by atoms with van der Waals surface area (Å²) in [6, 6.07) is 10.9. The molecule has 2 heterocycles. The SMILES string of the molecule is CN(C)c1nc(N2CCN(c3ccccc3F)CC2)nc(N)c1-c1ccc(SC(F)(F)F)c(Cl)c1. The number of hydrogen-bond acceptors (Lipinski definition) is 7. The molecule has 0 saturated carbocycles. The van der Waals surface area contributed by atoms with Crippen LogP contribution in [0.5, 0.6) is 0 Å². The van der Waals surface area contributed by atoms with E-state index in [4.69, 9.17) is 22.3 Å². The summed E-state index contributed by atoms with van der Waals surface area (Å²) in [6.45, 7) is 2.29. The first-order valence-electron chi connectivity index (χ1n) is 10.7. The fourth-order valence-corrected chi connectivity index (χ4v) is 4.75. The maximum absolute atomic E-state index is 14.2. The van der Waals surface area contributed by atoms with E-state index in [1.165, 1.54) is 24.3 Å². The number of hydrogen-bond donors (Lipinski definition) is 1. The van der Waals surface area contributed by atoms with Crippen LogP contribution in [0.15, 0.2) is 47.4 Å². The lowest BCUT2D eigenvalue weighted by Crippen LogP contribution is -2.47. The number of aromatic nitrogens is 2. The summed E-state index contributed by atoms with van der Waals surface area (Å²) in [4.78, 5) is 14.8. The Labute approximate surface area is 209 Å². The van der Waals surface area contributed by atoms with Gasteiger partial charge < -0.3 is 20.4 Å². The zero-order valence-corrected chi connectivity index (χ0v) is 20.6. The molecule has 0 spiro atoms. The molecule has 0 radical (unpaired) electrons. The lowest BCUT2D eigenvalue weighted by molar-refractivity contribution is -0.0328. The molecule has 0 bridgehead atoms. The van der Waals surface area contributed by atoms with Gasteiger partial charge in [0.2, 0.25) is 5.95 Å². The molecule has 0 unspecified atom stereocenters. The molecule has 2 aromatic carbocycles. The minimum absolute atomic E-state index is 0.0396. The molecule has 0 amide bonds. The zero-order valence-electron chi connectivity index (χ0n) is 19.0. The third kappa shape index (κ3) is 5.67. The molecule has 6 nitrogen and oxygen atoms in total. The van der Waals surface area contributed by atoms with Gasteiger partial charge in [0, 0.05) is 45.2 Å². The maximum atomic E-state index is 14.2. The van der Waals surface area contributed by atoms with Crippen LogP contribution >= 0.6 is 23.4 Å². The van der Waals surface area contributed by atoms with Crippen LogP contribution in [0.4, 0.5) is 40.8 Å². The molecule has 0 atom stereocenters. The van der Waals surface area contributed by atoms with Crippen LogP contribution in [-0.2, 0) is 0 Å². The summed E-state index contributed by atoms with van der Waals surface area (Å²) in [5.74, 6) is 0.858. The van der Waals surface area contributed by atoms with E-state index in [1.54, 1.807) is 37.2 Å². The predicted octanol–water partition coefficient (Wildman–Crippen LogP) is 5.52. The highest BCUT2D eigenvalue weighted by atomic mass is 35.5. The molecular weight excluding hydrogens is 504 g/mol. The number of thioether (sulfide) groups is 1. The minimum atomic E-state index is -4.44. The highest BCUT2D eigenvalue weighted by Gasteiger charge is 2.31. The van der Waals surface area contributed by atoms with E-state index >= 15 is 0 Å². The summed E-state index contributed by atoms with van der Waals surface area (Å²) in [5.41, 5.74) is 3.44. The number of halogens is 5. The van der Waals surface area contributed by atoms with Gasteiger partial charge in [0.1, 0.15) is 17.5 Å². The number of para-hydroxylation sites is 1. The van der Waals surface area contributed by atoms with Crippen molar-refractivity contribution in [2.45, 2.75) is 10.4 Å². The van der Waals surface area contributed by atoms with Crippen molar-refractivity contribution in [2.24, 2.45) is 0 Å². The van der Waals surface area contributed by atoms with Crippen LogP contribution in [-0.4, -0.2) is 55.8 Å². The topological polar surface area (TPSA) is 61.5 Å². The predicted molar refractivity (Wildman–Crippen MR) is 134 cm³/mol. The monoisotopic (exact) mass is 526 g/mol.